The molecule has 4 aliphatic carbocycles. The van der Waals surface area contributed by atoms with Crippen molar-refractivity contribution in [3.8, 4) is 0 Å². The Hall–Kier alpha value is -0.940. The fourth-order valence-electron chi connectivity index (χ4n) is 12.5. The van der Waals surface area contributed by atoms with Gasteiger partial charge >= 0.3 is 0 Å². The molecule has 0 unspecified atom stereocenters. The van der Waals surface area contributed by atoms with Crippen LogP contribution in [0.2, 0.25) is 0 Å². The van der Waals surface area contributed by atoms with E-state index in [2.05, 4.69) is 90.9 Å². The molecule has 3 saturated carbocycles. The Bertz CT molecular complexity index is 1170. The molecule has 336 valence electrons. The summed E-state index contributed by atoms with van der Waals surface area (Å²) in [4.78, 5) is 2.23. The van der Waals surface area contributed by atoms with Crippen molar-refractivity contribution in [2.24, 2.45) is 46.3 Å². The Kier molecular flexibility index (Phi) is 23.3. The van der Waals surface area contributed by atoms with Crippen molar-refractivity contribution in [1.29, 1.82) is 0 Å². The van der Waals surface area contributed by atoms with Gasteiger partial charge in [0.15, 0.2) is 0 Å². The highest BCUT2D eigenvalue weighted by Crippen LogP contribution is 2.67. The molecule has 0 spiro atoms. The van der Waals surface area contributed by atoms with E-state index in [9.17, 15) is 0 Å². The van der Waals surface area contributed by atoms with Crippen molar-refractivity contribution in [1.82, 2.24) is 4.90 Å². The minimum absolute atomic E-state index is 0.143. The second kappa shape index (κ2) is 27.2. The van der Waals surface area contributed by atoms with Gasteiger partial charge in [0, 0.05) is 26.4 Å². The van der Waals surface area contributed by atoms with E-state index in [1.165, 1.54) is 135 Å². The lowest BCUT2D eigenvalue weighted by molar-refractivity contribution is -0.0648. The molecule has 58 heavy (non-hydrogen) atoms. The van der Waals surface area contributed by atoms with Crippen LogP contribution in [0.4, 0.5) is 0 Å². The second-order valence-corrected chi connectivity index (χ2v) is 21.1. The summed E-state index contributed by atoms with van der Waals surface area (Å²) < 4.78 is 19.1. The van der Waals surface area contributed by atoms with Gasteiger partial charge in [-0.15, -0.1) is 0 Å². The highest BCUT2D eigenvalue weighted by molar-refractivity contribution is 5.25. The fraction of sp³-hybridized carbons (Fsp3) is 0.889. The van der Waals surface area contributed by atoms with E-state index in [1.807, 2.05) is 0 Å². The first-order valence-electron chi connectivity index (χ1n) is 25.5. The molecule has 4 nitrogen and oxygen atoms in total. The lowest BCUT2D eigenvalue weighted by Crippen LogP contribution is -2.51. The van der Waals surface area contributed by atoms with Crippen molar-refractivity contribution in [2.75, 3.05) is 47.1 Å². The van der Waals surface area contributed by atoms with Crippen LogP contribution in [0.5, 0.6) is 0 Å². The van der Waals surface area contributed by atoms with Crippen LogP contribution in [0, 0.1) is 46.3 Å². The zero-order chi connectivity index (χ0) is 41.6. The van der Waals surface area contributed by atoms with Gasteiger partial charge < -0.3 is 19.1 Å². The zero-order valence-corrected chi connectivity index (χ0v) is 39.9. The van der Waals surface area contributed by atoms with Crippen LogP contribution >= 0.6 is 0 Å². The number of fused-ring (bicyclic) bond motifs is 5. The normalized spacial score (nSPS) is 29.6. The third-order valence-electron chi connectivity index (χ3n) is 15.9. The number of hydrogen-bond donors (Lipinski definition) is 0. The predicted molar refractivity (Wildman–Crippen MR) is 250 cm³/mol. The van der Waals surface area contributed by atoms with Crippen molar-refractivity contribution in [3.63, 3.8) is 0 Å². The van der Waals surface area contributed by atoms with Crippen LogP contribution in [0.15, 0.2) is 36.0 Å². The van der Waals surface area contributed by atoms with Gasteiger partial charge in [0.1, 0.15) is 0 Å². The van der Waals surface area contributed by atoms with Crippen LogP contribution in [0.3, 0.4) is 0 Å². The van der Waals surface area contributed by atoms with Crippen molar-refractivity contribution >= 4 is 0 Å². The second-order valence-electron chi connectivity index (χ2n) is 21.1. The number of ether oxygens (including phenoxy) is 3. The van der Waals surface area contributed by atoms with Crippen LogP contribution in [-0.4, -0.2) is 64.2 Å². The zero-order valence-electron chi connectivity index (χ0n) is 39.9. The number of hydrogen-bond acceptors (Lipinski definition) is 4. The van der Waals surface area contributed by atoms with Gasteiger partial charge in [-0.1, -0.05) is 135 Å². The quantitative estimate of drug-likeness (QED) is 0.0516. The molecule has 0 aromatic carbocycles. The molecule has 0 aliphatic heterocycles. The van der Waals surface area contributed by atoms with E-state index in [0.717, 1.165) is 87.6 Å². The average Bonchev–Trinajstić information content (AvgIpc) is 3.55. The SMILES string of the molecule is CCCCC/C=C\C/C=C\CCCCCCCCOC[C@@H](CN(C)C)OCCCCO[C@H]1CC[C@@]2(C)C(=CC[C@H]3[C@@H]4CC[C@H]([C@H](C)CCCC(C)C)[C@@]4(C)CC[C@@H]32)C1. The number of nitrogens with zero attached hydrogens (tertiary/aromatic N) is 1. The summed E-state index contributed by atoms with van der Waals surface area (Å²) in [6.45, 7) is 19.2. The van der Waals surface area contributed by atoms with Gasteiger partial charge in [-0.2, -0.15) is 0 Å². The summed E-state index contributed by atoms with van der Waals surface area (Å²) in [5.41, 5.74) is 2.74. The summed E-state index contributed by atoms with van der Waals surface area (Å²) in [6, 6.07) is 0. The summed E-state index contributed by atoms with van der Waals surface area (Å²) in [7, 11) is 4.27. The molecule has 0 saturated heterocycles. The van der Waals surface area contributed by atoms with Gasteiger partial charge in [0.25, 0.3) is 0 Å². The monoisotopic (exact) mass is 808 g/mol. The molecule has 0 heterocycles. The third kappa shape index (κ3) is 16.1. The maximum Gasteiger partial charge on any atom is 0.0934 e. The maximum atomic E-state index is 6.59. The van der Waals surface area contributed by atoms with E-state index in [0.29, 0.717) is 23.5 Å². The van der Waals surface area contributed by atoms with Crippen LogP contribution in [0.1, 0.15) is 202 Å². The van der Waals surface area contributed by atoms with Gasteiger partial charge in [0.05, 0.1) is 18.8 Å². The highest BCUT2D eigenvalue weighted by Gasteiger charge is 2.59. The first kappa shape index (κ1) is 49.7. The minimum atomic E-state index is 0.143. The topological polar surface area (TPSA) is 30.9 Å². The van der Waals surface area contributed by atoms with E-state index < -0.39 is 0 Å². The van der Waals surface area contributed by atoms with Crippen LogP contribution in [-0.2, 0) is 14.2 Å². The Labute approximate surface area is 361 Å². The molecule has 4 aliphatic rings. The molecule has 0 bridgehead atoms. The Morgan fingerprint density at radius 2 is 1.45 bits per heavy atom. The van der Waals surface area contributed by atoms with Crippen molar-refractivity contribution in [2.45, 2.75) is 214 Å². The molecule has 0 amide bonds. The minimum Gasteiger partial charge on any atom is -0.379 e. The number of allylic oxidation sites excluding steroid dienone is 5. The Morgan fingerprint density at radius 3 is 2.19 bits per heavy atom. The standard InChI is InChI=1S/C54H97NO3/c1-9-10-11-12-13-14-15-16-17-18-19-20-21-22-23-24-38-56-43-48(42-55(7)8)58-40-26-25-39-57-47-34-36-53(5)46(41-47)30-31-49-51-33-32-50(45(4)29-27-28-44(2)3)54(51,6)37-35-52(49)53/h13-14,16-17,30,44-45,47-52H,9-12,15,18-29,31-43H2,1-8H3/b14-13-,17-16-/t45-,47+,48-,49+,50-,51+,52+,53+,54-/m1/s1. The summed E-state index contributed by atoms with van der Waals surface area (Å²) >= 11 is 0. The van der Waals surface area contributed by atoms with Gasteiger partial charge in [0.2, 0.25) is 0 Å². The van der Waals surface area contributed by atoms with E-state index in [-0.39, 0.29) is 6.10 Å². The molecule has 0 aromatic heterocycles. The molecule has 0 radical (unpaired) electrons. The molecule has 0 N–H and O–H groups in total. The van der Waals surface area contributed by atoms with Crippen molar-refractivity contribution in [3.05, 3.63) is 36.0 Å². The smallest absolute Gasteiger partial charge is 0.0934 e. The molecular weight excluding hydrogens is 711 g/mol. The summed E-state index contributed by atoms with van der Waals surface area (Å²) in [6.07, 6.45) is 45.4. The molecule has 0 aromatic rings. The average molecular weight is 808 g/mol. The van der Waals surface area contributed by atoms with Gasteiger partial charge in [-0.25, -0.2) is 0 Å². The Morgan fingerprint density at radius 1 is 0.741 bits per heavy atom. The molecule has 4 rings (SSSR count). The van der Waals surface area contributed by atoms with Crippen molar-refractivity contribution < 1.29 is 14.2 Å². The van der Waals surface area contributed by atoms with E-state index in [1.54, 1.807) is 5.57 Å². The predicted octanol–water partition coefficient (Wildman–Crippen LogP) is 15.0. The van der Waals surface area contributed by atoms with E-state index >= 15 is 0 Å². The molecule has 9 atom stereocenters. The first-order valence-corrected chi connectivity index (χ1v) is 25.5. The first-order chi connectivity index (χ1) is 28.1. The largest absolute Gasteiger partial charge is 0.379 e. The summed E-state index contributed by atoms with van der Waals surface area (Å²) in [5.74, 6) is 5.43. The molecule has 4 heteroatoms. The number of unbranched alkanes of at least 4 members (excludes halogenated alkanes) is 10. The van der Waals surface area contributed by atoms with Crippen LogP contribution in [0.25, 0.3) is 0 Å². The highest BCUT2D eigenvalue weighted by atomic mass is 16.5. The molecule has 3 fully saturated rings. The van der Waals surface area contributed by atoms with Gasteiger partial charge in [-0.3, -0.25) is 0 Å². The molecular formula is C54H97NO3. The van der Waals surface area contributed by atoms with Gasteiger partial charge in [-0.05, 0) is 163 Å². The van der Waals surface area contributed by atoms with Crippen LogP contribution < -0.4 is 0 Å². The summed E-state index contributed by atoms with van der Waals surface area (Å²) in [5, 5.41) is 0. The fourth-order valence-corrected chi connectivity index (χ4v) is 12.5. The number of rotatable bonds is 31. The Balaban J connectivity index is 1.04. The maximum absolute atomic E-state index is 6.59. The third-order valence-corrected chi connectivity index (χ3v) is 15.9. The lowest BCUT2D eigenvalue weighted by atomic mass is 9.47. The van der Waals surface area contributed by atoms with E-state index in [4.69, 9.17) is 14.2 Å². The lowest BCUT2D eigenvalue weighted by Gasteiger charge is -2.58. The number of likely N-dealkylation sites (N-methyl/N-ethyl adjacent to an activating group) is 1.